The largest absolute Gasteiger partial charge is 0.318 e. The first-order valence-corrected chi connectivity index (χ1v) is 5.68. The van der Waals surface area contributed by atoms with Crippen LogP contribution in [0.1, 0.15) is 32.6 Å². The van der Waals surface area contributed by atoms with Crippen molar-refractivity contribution in [1.82, 2.24) is 10.6 Å². The summed E-state index contributed by atoms with van der Waals surface area (Å²) in [6.45, 7) is 5.81. The van der Waals surface area contributed by atoms with Crippen molar-refractivity contribution in [3.8, 4) is 0 Å². The summed E-state index contributed by atoms with van der Waals surface area (Å²) in [5.41, 5.74) is 0. The van der Waals surface area contributed by atoms with E-state index in [9.17, 15) is 0 Å². The summed E-state index contributed by atoms with van der Waals surface area (Å²) in [4.78, 5) is 0. The van der Waals surface area contributed by atoms with Crippen LogP contribution in [-0.4, -0.2) is 26.7 Å². The molecule has 1 rings (SSSR count). The zero-order chi connectivity index (χ0) is 9.52. The fourth-order valence-corrected chi connectivity index (χ4v) is 2.05. The third-order valence-corrected chi connectivity index (χ3v) is 3.12. The second-order valence-corrected chi connectivity index (χ2v) is 4.43. The molecule has 1 aliphatic carbocycles. The lowest BCUT2D eigenvalue weighted by atomic mass is 9.83. The van der Waals surface area contributed by atoms with Crippen LogP contribution in [0.25, 0.3) is 0 Å². The number of likely N-dealkylation sites (N-methyl/N-ethyl adjacent to an activating group) is 1. The molecular formula is C11H24N2. The van der Waals surface area contributed by atoms with Gasteiger partial charge in [-0.05, 0) is 38.3 Å². The summed E-state index contributed by atoms with van der Waals surface area (Å²) < 4.78 is 0. The van der Waals surface area contributed by atoms with E-state index in [-0.39, 0.29) is 0 Å². The Balaban J connectivity index is 1.96. The van der Waals surface area contributed by atoms with Crippen LogP contribution >= 0.6 is 0 Å². The average Bonchev–Trinajstić information content (AvgIpc) is 2.15. The fourth-order valence-electron chi connectivity index (χ4n) is 2.05. The van der Waals surface area contributed by atoms with Gasteiger partial charge in [-0.15, -0.1) is 0 Å². The average molecular weight is 184 g/mol. The molecule has 0 radical (unpaired) electrons. The molecule has 2 heteroatoms. The summed E-state index contributed by atoms with van der Waals surface area (Å²) in [7, 11) is 2.00. The number of hydrogen-bond donors (Lipinski definition) is 2. The van der Waals surface area contributed by atoms with Crippen LogP contribution in [0.2, 0.25) is 0 Å². The van der Waals surface area contributed by atoms with Crippen molar-refractivity contribution in [2.75, 3.05) is 26.7 Å². The molecule has 0 spiro atoms. The highest BCUT2D eigenvalue weighted by Gasteiger charge is 2.17. The van der Waals surface area contributed by atoms with Crippen LogP contribution < -0.4 is 10.6 Å². The van der Waals surface area contributed by atoms with Gasteiger partial charge < -0.3 is 10.6 Å². The van der Waals surface area contributed by atoms with Gasteiger partial charge in [0.1, 0.15) is 0 Å². The van der Waals surface area contributed by atoms with Crippen molar-refractivity contribution < 1.29 is 0 Å². The lowest BCUT2D eigenvalue weighted by Crippen LogP contribution is -2.30. The number of nitrogens with one attached hydrogen (secondary N) is 2. The Labute approximate surface area is 82.5 Å². The van der Waals surface area contributed by atoms with Crippen LogP contribution in [0.15, 0.2) is 0 Å². The molecule has 0 heterocycles. The Morgan fingerprint density at radius 3 is 2.38 bits per heavy atom. The fraction of sp³-hybridized carbons (Fsp3) is 1.00. The van der Waals surface area contributed by atoms with Crippen molar-refractivity contribution in [3.05, 3.63) is 0 Å². The van der Waals surface area contributed by atoms with Crippen LogP contribution in [-0.2, 0) is 0 Å². The predicted octanol–water partition coefficient (Wildman–Crippen LogP) is 1.62. The van der Waals surface area contributed by atoms with Gasteiger partial charge in [-0.3, -0.25) is 0 Å². The molecular weight excluding hydrogens is 160 g/mol. The molecule has 0 saturated heterocycles. The lowest BCUT2D eigenvalue weighted by molar-refractivity contribution is 0.282. The third-order valence-electron chi connectivity index (χ3n) is 3.12. The van der Waals surface area contributed by atoms with E-state index in [1.165, 1.54) is 32.2 Å². The van der Waals surface area contributed by atoms with E-state index in [4.69, 9.17) is 0 Å². The van der Waals surface area contributed by atoms with Gasteiger partial charge in [0, 0.05) is 13.1 Å². The maximum atomic E-state index is 3.51. The molecule has 0 aromatic heterocycles. The van der Waals surface area contributed by atoms with Gasteiger partial charge in [-0.25, -0.2) is 0 Å². The van der Waals surface area contributed by atoms with E-state index in [0.717, 1.165) is 24.9 Å². The van der Waals surface area contributed by atoms with Crippen LogP contribution in [0.4, 0.5) is 0 Å². The SMILES string of the molecule is CNCCNCC1CCC(C)CC1. The molecule has 0 aromatic carbocycles. The van der Waals surface area contributed by atoms with E-state index in [1.54, 1.807) is 0 Å². The summed E-state index contributed by atoms with van der Waals surface area (Å²) in [5, 5.41) is 6.66. The monoisotopic (exact) mass is 184 g/mol. The van der Waals surface area contributed by atoms with Crippen molar-refractivity contribution >= 4 is 0 Å². The Hall–Kier alpha value is -0.0800. The molecule has 0 unspecified atom stereocenters. The van der Waals surface area contributed by atoms with Crippen LogP contribution in [0.5, 0.6) is 0 Å². The number of rotatable bonds is 5. The topological polar surface area (TPSA) is 24.1 Å². The highest BCUT2D eigenvalue weighted by atomic mass is 14.9. The van der Waals surface area contributed by atoms with Crippen molar-refractivity contribution in [2.45, 2.75) is 32.6 Å². The Morgan fingerprint density at radius 2 is 1.77 bits per heavy atom. The van der Waals surface area contributed by atoms with Crippen molar-refractivity contribution in [2.24, 2.45) is 11.8 Å². The Morgan fingerprint density at radius 1 is 1.08 bits per heavy atom. The molecule has 1 saturated carbocycles. The molecule has 0 atom stereocenters. The highest BCUT2D eigenvalue weighted by Crippen LogP contribution is 2.27. The standard InChI is InChI=1S/C11H24N2/c1-10-3-5-11(6-4-10)9-13-8-7-12-2/h10-13H,3-9H2,1-2H3. The summed E-state index contributed by atoms with van der Waals surface area (Å²) in [6, 6.07) is 0. The maximum absolute atomic E-state index is 3.51. The minimum atomic E-state index is 0.952. The second kappa shape index (κ2) is 6.39. The van der Waals surface area contributed by atoms with Gasteiger partial charge in [0.05, 0.1) is 0 Å². The first kappa shape index (κ1) is 11.0. The zero-order valence-electron chi connectivity index (χ0n) is 9.10. The third kappa shape index (κ3) is 4.63. The molecule has 1 fully saturated rings. The van der Waals surface area contributed by atoms with E-state index in [0.29, 0.717) is 0 Å². The first-order valence-electron chi connectivity index (χ1n) is 5.68. The molecule has 2 N–H and O–H groups in total. The van der Waals surface area contributed by atoms with Gasteiger partial charge in [-0.1, -0.05) is 19.8 Å². The van der Waals surface area contributed by atoms with E-state index in [2.05, 4.69) is 17.6 Å². The molecule has 0 aromatic rings. The lowest BCUT2D eigenvalue weighted by Gasteiger charge is -2.26. The second-order valence-electron chi connectivity index (χ2n) is 4.43. The smallest absolute Gasteiger partial charge is 0.00767 e. The van der Waals surface area contributed by atoms with Crippen LogP contribution in [0.3, 0.4) is 0 Å². The summed E-state index contributed by atoms with van der Waals surface area (Å²) in [5.74, 6) is 1.93. The molecule has 2 nitrogen and oxygen atoms in total. The number of hydrogen-bond acceptors (Lipinski definition) is 2. The van der Waals surface area contributed by atoms with Gasteiger partial charge in [0.25, 0.3) is 0 Å². The maximum Gasteiger partial charge on any atom is 0.00767 e. The van der Waals surface area contributed by atoms with E-state index >= 15 is 0 Å². The summed E-state index contributed by atoms with van der Waals surface area (Å²) in [6.07, 6.45) is 5.76. The highest BCUT2D eigenvalue weighted by molar-refractivity contribution is 4.71. The molecule has 13 heavy (non-hydrogen) atoms. The van der Waals surface area contributed by atoms with E-state index < -0.39 is 0 Å². The molecule has 0 amide bonds. The van der Waals surface area contributed by atoms with Gasteiger partial charge >= 0.3 is 0 Å². The molecule has 1 aliphatic rings. The molecule has 0 bridgehead atoms. The zero-order valence-corrected chi connectivity index (χ0v) is 9.10. The Kier molecular flexibility index (Phi) is 5.40. The summed E-state index contributed by atoms with van der Waals surface area (Å²) >= 11 is 0. The van der Waals surface area contributed by atoms with Crippen LogP contribution in [0, 0.1) is 11.8 Å². The quantitative estimate of drug-likeness (QED) is 0.635. The molecule has 78 valence electrons. The predicted molar refractivity (Wildman–Crippen MR) is 57.9 cm³/mol. The van der Waals surface area contributed by atoms with Crippen molar-refractivity contribution in [1.29, 1.82) is 0 Å². The normalized spacial score (nSPS) is 29.1. The van der Waals surface area contributed by atoms with E-state index in [1.807, 2.05) is 7.05 Å². The van der Waals surface area contributed by atoms with Gasteiger partial charge in [0.15, 0.2) is 0 Å². The first-order chi connectivity index (χ1) is 6.33. The Bertz CT molecular complexity index is 117. The van der Waals surface area contributed by atoms with Gasteiger partial charge in [-0.2, -0.15) is 0 Å². The minimum Gasteiger partial charge on any atom is -0.318 e. The van der Waals surface area contributed by atoms with Crippen molar-refractivity contribution in [3.63, 3.8) is 0 Å². The minimum absolute atomic E-state index is 0.952. The molecule has 0 aliphatic heterocycles. The van der Waals surface area contributed by atoms with Gasteiger partial charge in [0.2, 0.25) is 0 Å².